The predicted octanol–water partition coefficient (Wildman–Crippen LogP) is 2.22. The number of amides is 3. The first-order chi connectivity index (χ1) is 19.3. The number of hydrogen-bond donors (Lipinski definition) is 6. The second-order valence-corrected chi connectivity index (χ2v) is 9.92. The van der Waals surface area contributed by atoms with Crippen LogP contribution in [0.4, 0.5) is 0 Å². The number of aliphatic carboxylic acids is 1. The highest BCUT2D eigenvalue weighted by Crippen LogP contribution is 2.19. The fraction of sp³-hybridized carbons (Fsp3) is 0.333. The number of hydrogen-bond acceptors (Lipinski definition) is 6. The first-order valence-corrected chi connectivity index (χ1v) is 13.9. The van der Waals surface area contributed by atoms with Gasteiger partial charge in [0, 0.05) is 12.2 Å². The van der Waals surface area contributed by atoms with Crippen molar-refractivity contribution in [2.24, 2.45) is 5.73 Å². The van der Waals surface area contributed by atoms with Gasteiger partial charge < -0.3 is 26.8 Å². The molecule has 0 spiro atoms. The van der Waals surface area contributed by atoms with Crippen LogP contribution >= 0.6 is 12.6 Å². The molecule has 3 aromatic rings. The van der Waals surface area contributed by atoms with Crippen LogP contribution in [0, 0.1) is 0 Å². The van der Waals surface area contributed by atoms with Gasteiger partial charge in [-0.1, -0.05) is 72.8 Å². The highest BCUT2D eigenvalue weighted by molar-refractivity contribution is 7.80. The lowest BCUT2D eigenvalue weighted by molar-refractivity contribution is -0.141. The average Bonchev–Trinajstić information content (AvgIpc) is 2.95. The fourth-order valence-electron chi connectivity index (χ4n) is 4.42. The molecular weight excluding hydrogens is 528 g/mol. The number of rotatable bonds is 15. The summed E-state index contributed by atoms with van der Waals surface area (Å²) >= 11 is 4.00. The summed E-state index contributed by atoms with van der Waals surface area (Å²) in [6, 6.07) is 19.6. The lowest BCUT2D eigenvalue weighted by Gasteiger charge is -2.24. The summed E-state index contributed by atoms with van der Waals surface area (Å²) in [6.07, 6.45) is 1.71. The molecule has 0 aromatic heterocycles. The molecule has 6 N–H and O–H groups in total. The third-order valence-corrected chi connectivity index (χ3v) is 6.91. The predicted molar refractivity (Wildman–Crippen MR) is 158 cm³/mol. The number of thiol groups is 1. The molecular formula is C30H36N4O5S. The van der Waals surface area contributed by atoms with Gasteiger partial charge in [-0.15, -0.1) is 0 Å². The highest BCUT2D eigenvalue weighted by atomic mass is 32.1. The van der Waals surface area contributed by atoms with E-state index in [-0.39, 0.29) is 30.9 Å². The largest absolute Gasteiger partial charge is 0.480 e. The molecule has 0 heterocycles. The number of carbonyl (C=O) groups is 4. The van der Waals surface area contributed by atoms with E-state index in [0.29, 0.717) is 19.4 Å². The molecule has 3 amide bonds. The van der Waals surface area contributed by atoms with Crippen molar-refractivity contribution in [2.45, 2.75) is 50.2 Å². The Bertz CT molecular complexity index is 1300. The highest BCUT2D eigenvalue weighted by Gasteiger charge is 2.29. The van der Waals surface area contributed by atoms with Crippen molar-refractivity contribution >= 4 is 47.1 Å². The maximum Gasteiger partial charge on any atom is 0.327 e. The number of carboxylic acids is 1. The molecule has 212 valence electrons. The van der Waals surface area contributed by atoms with Crippen LogP contribution in [0.1, 0.15) is 30.4 Å². The van der Waals surface area contributed by atoms with Crippen molar-refractivity contribution < 1.29 is 24.3 Å². The van der Waals surface area contributed by atoms with Gasteiger partial charge in [-0.2, -0.15) is 12.6 Å². The molecule has 0 aliphatic rings. The third kappa shape index (κ3) is 9.10. The lowest BCUT2D eigenvalue weighted by atomic mass is 10.0. The summed E-state index contributed by atoms with van der Waals surface area (Å²) in [5.41, 5.74) is 7.26. The monoisotopic (exact) mass is 564 g/mol. The summed E-state index contributed by atoms with van der Waals surface area (Å²) in [6.45, 7) is 0.414. The molecule has 10 heteroatoms. The van der Waals surface area contributed by atoms with Gasteiger partial charge in [0.25, 0.3) is 0 Å². The minimum Gasteiger partial charge on any atom is -0.480 e. The Labute approximate surface area is 239 Å². The van der Waals surface area contributed by atoms with E-state index in [1.807, 2.05) is 72.8 Å². The molecule has 0 aliphatic heterocycles. The van der Waals surface area contributed by atoms with Crippen molar-refractivity contribution in [3.63, 3.8) is 0 Å². The molecule has 0 saturated carbocycles. The molecule has 0 bridgehead atoms. The van der Waals surface area contributed by atoms with Crippen LogP contribution < -0.4 is 21.7 Å². The van der Waals surface area contributed by atoms with Crippen LogP contribution in [-0.2, 0) is 32.0 Å². The van der Waals surface area contributed by atoms with Gasteiger partial charge in [0.15, 0.2) is 0 Å². The number of benzene rings is 3. The van der Waals surface area contributed by atoms with E-state index < -0.39 is 35.9 Å². The fourth-order valence-corrected chi connectivity index (χ4v) is 4.66. The van der Waals surface area contributed by atoms with E-state index in [9.17, 15) is 24.3 Å². The van der Waals surface area contributed by atoms with E-state index in [1.54, 1.807) is 0 Å². The van der Waals surface area contributed by atoms with Crippen LogP contribution in [0.2, 0.25) is 0 Å². The number of nitrogens with two attached hydrogens (primary N) is 1. The molecule has 3 aromatic carbocycles. The van der Waals surface area contributed by atoms with Crippen molar-refractivity contribution in [3.8, 4) is 0 Å². The van der Waals surface area contributed by atoms with E-state index >= 15 is 0 Å². The number of unbranched alkanes of at least 4 members (excludes halogenated alkanes) is 1. The van der Waals surface area contributed by atoms with E-state index in [2.05, 4.69) is 28.6 Å². The zero-order chi connectivity index (χ0) is 28.9. The first-order valence-electron chi connectivity index (χ1n) is 13.3. The molecule has 0 fully saturated rings. The number of fused-ring (bicyclic) bond motifs is 1. The van der Waals surface area contributed by atoms with Gasteiger partial charge in [-0.3, -0.25) is 14.4 Å². The van der Waals surface area contributed by atoms with Crippen LogP contribution in [0.25, 0.3) is 10.8 Å². The molecule has 0 saturated heterocycles. The van der Waals surface area contributed by atoms with Gasteiger partial charge in [0.1, 0.15) is 18.1 Å². The maximum absolute atomic E-state index is 13.5. The topological polar surface area (TPSA) is 151 Å². The van der Waals surface area contributed by atoms with Crippen molar-refractivity contribution in [1.29, 1.82) is 0 Å². The second kappa shape index (κ2) is 15.6. The van der Waals surface area contributed by atoms with Crippen LogP contribution in [0.3, 0.4) is 0 Å². The van der Waals surface area contributed by atoms with Gasteiger partial charge in [0.05, 0.1) is 6.42 Å². The lowest BCUT2D eigenvalue weighted by Crippen LogP contribution is -2.56. The minimum atomic E-state index is -1.22. The molecule has 2 unspecified atom stereocenters. The summed E-state index contributed by atoms with van der Waals surface area (Å²) in [5, 5.41) is 19.3. The van der Waals surface area contributed by atoms with E-state index in [4.69, 9.17) is 5.73 Å². The van der Waals surface area contributed by atoms with Crippen molar-refractivity contribution in [3.05, 3.63) is 83.9 Å². The molecule has 0 aliphatic carbocycles. The van der Waals surface area contributed by atoms with Crippen LogP contribution in [-0.4, -0.2) is 59.2 Å². The number of carbonyl (C=O) groups excluding carboxylic acids is 3. The summed E-state index contributed by atoms with van der Waals surface area (Å²) in [7, 11) is 0. The smallest absolute Gasteiger partial charge is 0.327 e. The summed E-state index contributed by atoms with van der Waals surface area (Å²) in [4.78, 5) is 51.1. The number of nitrogens with one attached hydrogen (secondary N) is 3. The first kappa shape index (κ1) is 30.6. The van der Waals surface area contributed by atoms with Gasteiger partial charge >= 0.3 is 5.97 Å². The minimum absolute atomic E-state index is 0.0720. The van der Waals surface area contributed by atoms with Crippen molar-refractivity contribution in [1.82, 2.24) is 16.0 Å². The summed E-state index contributed by atoms with van der Waals surface area (Å²) in [5.74, 6) is -2.84. The molecule has 9 nitrogen and oxygen atoms in total. The quantitative estimate of drug-likeness (QED) is 0.123. The molecule has 40 heavy (non-hydrogen) atoms. The average molecular weight is 565 g/mol. The standard InChI is InChI=1S/C30H36N4O5S/c31-16-7-6-15-24(28(36)34-26(19-40)30(38)39)33-29(37)25(17-20-9-2-1-3-10-20)32-27(35)18-22-13-8-12-21-11-4-5-14-23(21)22/h1-5,8-14,24-26,40H,6-7,15-19,31H2,(H,32,35)(H,33,37)(H,34,36)(H,38,39)/t24-,25?,26?/m0/s1. The van der Waals surface area contributed by atoms with E-state index in [1.165, 1.54) is 0 Å². The van der Waals surface area contributed by atoms with Crippen LogP contribution in [0.15, 0.2) is 72.8 Å². The van der Waals surface area contributed by atoms with Crippen molar-refractivity contribution in [2.75, 3.05) is 12.3 Å². The Morgan fingerprint density at radius 2 is 1.43 bits per heavy atom. The molecule has 3 rings (SSSR count). The second-order valence-electron chi connectivity index (χ2n) is 9.55. The zero-order valence-electron chi connectivity index (χ0n) is 22.2. The number of carboxylic acid groups (broad SMARTS) is 1. The van der Waals surface area contributed by atoms with Gasteiger partial charge in [-0.25, -0.2) is 4.79 Å². The Morgan fingerprint density at radius 1 is 0.775 bits per heavy atom. The third-order valence-electron chi connectivity index (χ3n) is 6.54. The van der Waals surface area contributed by atoms with E-state index in [0.717, 1.165) is 21.9 Å². The normalized spacial score (nSPS) is 13.2. The Morgan fingerprint density at radius 3 is 2.12 bits per heavy atom. The molecule has 0 radical (unpaired) electrons. The zero-order valence-corrected chi connectivity index (χ0v) is 23.1. The Kier molecular flexibility index (Phi) is 12.0. The maximum atomic E-state index is 13.5. The SMILES string of the molecule is NCCCC[C@H](NC(=O)C(Cc1ccccc1)NC(=O)Cc1cccc2ccccc12)C(=O)NC(CS)C(=O)O. The summed E-state index contributed by atoms with van der Waals surface area (Å²) < 4.78 is 0. The van der Waals surface area contributed by atoms with Crippen LogP contribution in [0.5, 0.6) is 0 Å². The Balaban J connectivity index is 1.79. The molecule has 3 atom stereocenters. The Hall–Kier alpha value is -3.89. The van der Waals surface area contributed by atoms with Gasteiger partial charge in [0.2, 0.25) is 17.7 Å². The van der Waals surface area contributed by atoms with Gasteiger partial charge in [-0.05, 0) is 47.7 Å².